The monoisotopic (exact) mass is 345 g/mol. The predicted molar refractivity (Wildman–Crippen MR) is 92.2 cm³/mol. The van der Waals surface area contributed by atoms with E-state index in [1.807, 2.05) is 6.92 Å². The number of carboxylic acids is 1. The first-order valence-corrected chi connectivity index (χ1v) is 8.00. The quantitative estimate of drug-likeness (QED) is 0.823. The maximum absolute atomic E-state index is 14.4. The molecule has 5 nitrogen and oxygen atoms in total. The molecule has 2 rings (SSSR count). The average Bonchev–Trinajstić information content (AvgIpc) is 2.59. The van der Waals surface area contributed by atoms with Crippen molar-refractivity contribution in [2.45, 2.75) is 26.2 Å². The summed E-state index contributed by atoms with van der Waals surface area (Å²) in [4.78, 5) is 22.6. The zero-order chi connectivity index (χ0) is 18.4. The summed E-state index contributed by atoms with van der Waals surface area (Å²) in [5.41, 5.74) is 1.23. The smallest absolute Gasteiger partial charge is 0.412 e. The Morgan fingerprint density at radius 3 is 2.64 bits per heavy atom. The molecule has 0 aliphatic heterocycles. The van der Waals surface area contributed by atoms with Crippen LogP contribution in [0.1, 0.15) is 31.7 Å². The molecule has 0 aliphatic rings. The van der Waals surface area contributed by atoms with Crippen LogP contribution in [0.15, 0.2) is 42.5 Å². The van der Waals surface area contributed by atoms with Crippen LogP contribution in [-0.4, -0.2) is 23.7 Å². The highest BCUT2D eigenvalue weighted by Crippen LogP contribution is 2.28. The van der Waals surface area contributed by atoms with E-state index in [-0.39, 0.29) is 0 Å². The molecule has 0 fully saturated rings. The van der Waals surface area contributed by atoms with E-state index in [1.54, 1.807) is 30.3 Å². The number of nitrogens with one attached hydrogen (secondary N) is 1. The van der Waals surface area contributed by atoms with Crippen LogP contribution in [0.3, 0.4) is 0 Å². The van der Waals surface area contributed by atoms with Crippen LogP contribution < -0.4 is 10.1 Å². The van der Waals surface area contributed by atoms with Crippen LogP contribution in [0, 0.1) is 5.82 Å². The Kier molecular flexibility index (Phi) is 6.11. The molecule has 0 aromatic heterocycles. The second-order valence-corrected chi connectivity index (χ2v) is 5.64. The molecule has 6 heteroatoms. The number of aliphatic carboxylic acids is 1. The van der Waals surface area contributed by atoms with Crippen LogP contribution >= 0.6 is 0 Å². The van der Waals surface area contributed by atoms with Crippen molar-refractivity contribution >= 4 is 12.1 Å². The van der Waals surface area contributed by atoms with Crippen LogP contribution in [0.5, 0.6) is 5.75 Å². The molecule has 0 saturated carbocycles. The van der Waals surface area contributed by atoms with Crippen molar-refractivity contribution in [3.63, 3.8) is 0 Å². The van der Waals surface area contributed by atoms with Crippen molar-refractivity contribution in [1.29, 1.82) is 0 Å². The first-order chi connectivity index (χ1) is 11.9. The molecule has 0 heterocycles. The molecule has 132 valence electrons. The van der Waals surface area contributed by atoms with Gasteiger partial charge >= 0.3 is 12.1 Å². The molecule has 0 radical (unpaired) electrons. The summed E-state index contributed by atoms with van der Waals surface area (Å²) in [6.07, 6.45) is 0.228. The van der Waals surface area contributed by atoms with E-state index < -0.39 is 23.8 Å². The molecule has 25 heavy (non-hydrogen) atoms. The van der Waals surface area contributed by atoms with Gasteiger partial charge in [-0.2, -0.15) is 0 Å². The third-order valence-electron chi connectivity index (χ3n) is 3.74. The van der Waals surface area contributed by atoms with E-state index >= 15 is 0 Å². The Labute approximate surface area is 145 Å². The Morgan fingerprint density at radius 2 is 2.00 bits per heavy atom. The lowest BCUT2D eigenvalue weighted by Gasteiger charge is -2.11. The van der Waals surface area contributed by atoms with Gasteiger partial charge in [-0.1, -0.05) is 31.2 Å². The average molecular weight is 345 g/mol. The Balaban J connectivity index is 2.23. The van der Waals surface area contributed by atoms with E-state index in [2.05, 4.69) is 5.32 Å². The number of amides is 1. The summed E-state index contributed by atoms with van der Waals surface area (Å²) in [5.74, 6) is -2.03. The number of halogens is 1. The standard InChI is InChI=1S/C19H20FNO4/c1-3-9-21-19(24)25-15-6-4-5-14(10-15)16-8-7-13(11-17(16)20)12(2)18(22)23/h4-8,10-12H,3,9H2,1-2H3,(H,21,24)(H,22,23). The first-order valence-electron chi connectivity index (χ1n) is 8.00. The molecule has 2 N–H and O–H groups in total. The lowest BCUT2D eigenvalue weighted by Crippen LogP contribution is -2.27. The van der Waals surface area contributed by atoms with Gasteiger partial charge in [0, 0.05) is 12.1 Å². The van der Waals surface area contributed by atoms with Crippen LogP contribution in [0.2, 0.25) is 0 Å². The fourth-order valence-corrected chi connectivity index (χ4v) is 2.27. The van der Waals surface area contributed by atoms with Crippen molar-refractivity contribution in [3.05, 3.63) is 53.8 Å². The minimum Gasteiger partial charge on any atom is -0.481 e. The summed E-state index contributed by atoms with van der Waals surface area (Å²) in [6.45, 7) is 3.94. The van der Waals surface area contributed by atoms with Gasteiger partial charge in [0.15, 0.2) is 0 Å². The van der Waals surface area contributed by atoms with E-state index in [0.29, 0.717) is 29.0 Å². The van der Waals surface area contributed by atoms with E-state index in [9.17, 15) is 14.0 Å². The van der Waals surface area contributed by atoms with Crippen molar-refractivity contribution in [2.75, 3.05) is 6.54 Å². The number of hydrogen-bond donors (Lipinski definition) is 2. The highest BCUT2D eigenvalue weighted by Gasteiger charge is 2.16. The molecule has 1 unspecified atom stereocenters. The van der Waals surface area contributed by atoms with Gasteiger partial charge in [0.05, 0.1) is 5.92 Å². The Hall–Kier alpha value is -2.89. The fraction of sp³-hybridized carbons (Fsp3) is 0.263. The number of ether oxygens (including phenoxy) is 1. The summed E-state index contributed by atoms with van der Waals surface area (Å²) < 4.78 is 19.6. The highest BCUT2D eigenvalue weighted by atomic mass is 19.1. The summed E-state index contributed by atoms with van der Waals surface area (Å²) in [6, 6.07) is 10.8. The normalized spacial score (nSPS) is 11.6. The van der Waals surface area contributed by atoms with Gasteiger partial charge < -0.3 is 15.2 Å². The van der Waals surface area contributed by atoms with Crippen molar-refractivity contribution < 1.29 is 23.8 Å². The van der Waals surface area contributed by atoms with Gasteiger partial charge in [0.1, 0.15) is 11.6 Å². The number of carboxylic acid groups (broad SMARTS) is 1. The molecule has 2 aromatic rings. The van der Waals surface area contributed by atoms with Gasteiger partial charge in [-0.15, -0.1) is 0 Å². The molecule has 0 bridgehead atoms. The highest BCUT2D eigenvalue weighted by molar-refractivity contribution is 5.76. The van der Waals surface area contributed by atoms with Crippen LogP contribution in [0.25, 0.3) is 11.1 Å². The third-order valence-corrected chi connectivity index (χ3v) is 3.74. The van der Waals surface area contributed by atoms with Gasteiger partial charge in [-0.05, 0) is 42.7 Å². The fourth-order valence-electron chi connectivity index (χ4n) is 2.27. The molecular weight excluding hydrogens is 325 g/mol. The van der Waals surface area contributed by atoms with E-state index in [4.69, 9.17) is 9.84 Å². The molecule has 1 amide bonds. The van der Waals surface area contributed by atoms with Crippen LogP contribution in [-0.2, 0) is 4.79 Å². The Morgan fingerprint density at radius 1 is 1.24 bits per heavy atom. The van der Waals surface area contributed by atoms with Gasteiger partial charge in [0.25, 0.3) is 0 Å². The van der Waals surface area contributed by atoms with Gasteiger partial charge in [-0.3, -0.25) is 4.79 Å². The molecule has 0 aliphatic carbocycles. The molecule has 2 aromatic carbocycles. The zero-order valence-electron chi connectivity index (χ0n) is 14.1. The minimum absolute atomic E-state index is 0.300. The minimum atomic E-state index is -1.01. The number of carbonyl (C=O) groups excluding carboxylic acids is 1. The third kappa shape index (κ3) is 4.79. The first kappa shape index (κ1) is 18.4. The zero-order valence-corrected chi connectivity index (χ0v) is 14.1. The van der Waals surface area contributed by atoms with Gasteiger partial charge in [-0.25, -0.2) is 9.18 Å². The maximum Gasteiger partial charge on any atom is 0.412 e. The SMILES string of the molecule is CCCNC(=O)Oc1cccc(-c2ccc(C(C)C(=O)O)cc2F)c1. The molecular formula is C19H20FNO4. The lowest BCUT2D eigenvalue weighted by molar-refractivity contribution is -0.138. The lowest BCUT2D eigenvalue weighted by atomic mass is 9.97. The van der Waals surface area contributed by atoms with Gasteiger partial charge in [0.2, 0.25) is 0 Å². The maximum atomic E-state index is 14.4. The van der Waals surface area contributed by atoms with E-state index in [0.717, 1.165) is 6.42 Å². The molecule has 0 saturated heterocycles. The number of carbonyl (C=O) groups is 2. The predicted octanol–water partition coefficient (Wildman–Crippen LogP) is 4.18. The molecule has 0 spiro atoms. The summed E-state index contributed by atoms with van der Waals surface area (Å²) in [5, 5.41) is 11.6. The van der Waals surface area contributed by atoms with Crippen LogP contribution in [0.4, 0.5) is 9.18 Å². The molecule has 1 atom stereocenters. The van der Waals surface area contributed by atoms with Crippen molar-refractivity contribution in [3.8, 4) is 16.9 Å². The number of hydrogen-bond acceptors (Lipinski definition) is 3. The van der Waals surface area contributed by atoms with Crippen molar-refractivity contribution in [1.82, 2.24) is 5.32 Å². The number of benzene rings is 2. The second kappa shape index (κ2) is 8.28. The summed E-state index contributed by atoms with van der Waals surface area (Å²) >= 11 is 0. The van der Waals surface area contributed by atoms with E-state index in [1.165, 1.54) is 19.1 Å². The largest absolute Gasteiger partial charge is 0.481 e. The summed E-state index contributed by atoms with van der Waals surface area (Å²) in [7, 11) is 0. The number of rotatable bonds is 6. The Bertz CT molecular complexity index is 776. The second-order valence-electron chi connectivity index (χ2n) is 5.64. The van der Waals surface area contributed by atoms with Crippen molar-refractivity contribution in [2.24, 2.45) is 0 Å². The topological polar surface area (TPSA) is 75.6 Å².